The molecule has 4 nitrogen and oxygen atoms in total. The number of methoxy groups -OCH3 is 1. The Balaban J connectivity index is 2.17. The number of nitrogens with one attached hydrogen (secondary N) is 1. The molecule has 0 amide bonds. The lowest BCUT2D eigenvalue weighted by molar-refractivity contribution is 0.398. The second-order valence-corrected chi connectivity index (χ2v) is 6.29. The van der Waals surface area contributed by atoms with Crippen LogP contribution in [0.1, 0.15) is 29.5 Å². The summed E-state index contributed by atoms with van der Waals surface area (Å²) >= 11 is 0. The number of fused-ring (bicyclic) bond motifs is 1. The van der Waals surface area contributed by atoms with Gasteiger partial charge in [0.15, 0.2) is 0 Å². The number of benzene rings is 1. The molecule has 0 radical (unpaired) electrons. The molecule has 0 aliphatic heterocycles. The number of nitrogens with zero attached hydrogens (tertiary/aromatic N) is 1. The van der Waals surface area contributed by atoms with Crippen LogP contribution in [0.2, 0.25) is 0 Å². The van der Waals surface area contributed by atoms with Gasteiger partial charge in [-0.05, 0) is 62.9 Å². The molecule has 0 bridgehead atoms. The zero-order chi connectivity index (χ0) is 17.1. The zero-order valence-electron chi connectivity index (χ0n) is 14.6. The number of aromatic nitrogens is 2. The standard InChI is InChI=1S/C20H25N3O/c1-13-11-14(2)19-16(12-13)15(7-4-5-10-21)20(23-19)17-8-6-9-18(22-17)24-3/h6,8-9,11-12,23H,4-5,7,10,21H2,1-3H3. The van der Waals surface area contributed by atoms with Crippen LogP contribution in [0.3, 0.4) is 0 Å². The number of aromatic amines is 1. The lowest BCUT2D eigenvalue weighted by atomic mass is 10.00. The highest BCUT2D eigenvalue weighted by Gasteiger charge is 2.16. The molecule has 0 aliphatic carbocycles. The number of hydrogen-bond donors (Lipinski definition) is 2. The molecular formula is C20H25N3O. The van der Waals surface area contributed by atoms with Crippen molar-refractivity contribution in [3.63, 3.8) is 0 Å². The summed E-state index contributed by atoms with van der Waals surface area (Å²) in [7, 11) is 1.65. The van der Waals surface area contributed by atoms with Gasteiger partial charge in [0.2, 0.25) is 5.88 Å². The largest absolute Gasteiger partial charge is 0.481 e. The predicted molar refractivity (Wildman–Crippen MR) is 99.5 cm³/mol. The van der Waals surface area contributed by atoms with Crippen LogP contribution in [-0.4, -0.2) is 23.6 Å². The van der Waals surface area contributed by atoms with Gasteiger partial charge in [-0.3, -0.25) is 0 Å². The minimum atomic E-state index is 0.631. The minimum absolute atomic E-state index is 0.631. The summed E-state index contributed by atoms with van der Waals surface area (Å²) in [5.41, 5.74) is 12.8. The van der Waals surface area contributed by atoms with E-state index in [-0.39, 0.29) is 0 Å². The third kappa shape index (κ3) is 3.15. The highest BCUT2D eigenvalue weighted by atomic mass is 16.5. The Morgan fingerprint density at radius 2 is 2.00 bits per heavy atom. The van der Waals surface area contributed by atoms with Crippen LogP contribution in [0, 0.1) is 13.8 Å². The van der Waals surface area contributed by atoms with Gasteiger partial charge in [-0.1, -0.05) is 17.7 Å². The van der Waals surface area contributed by atoms with E-state index in [0.29, 0.717) is 5.88 Å². The molecule has 2 heterocycles. The van der Waals surface area contributed by atoms with Crippen LogP contribution in [0.25, 0.3) is 22.3 Å². The van der Waals surface area contributed by atoms with Crippen molar-refractivity contribution in [1.82, 2.24) is 9.97 Å². The van der Waals surface area contributed by atoms with E-state index in [4.69, 9.17) is 10.5 Å². The van der Waals surface area contributed by atoms with Gasteiger partial charge in [-0.15, -0.1) is 0 Å². The van der Waals surface area contributed by atoms with Crippen LogP contribution in [0.4, 0.5) is 0 Å². The number of aryl methyl sites for hydroxylation is 3. The lowest BCUT2D eigenvalue weighted by Crippen LogP contribution is -1.99. The molecule has 3 aromatic rings. The van der Waals surface area contributed by atoms with Gasteiger partial charge in [0.05, 0.1) is 18.5 Å². The Morgan fingerprint density at radius 3 is 2.75 bits per heavy atom. The third-order valence-corrected chi connectivity index (χ3v) is 4.43. The molecular weight excluding hydrogens is 298 g/mol. The first kappa shape index (κ1) is 16.5. The molecule has 24 heavy (non-hydrogen) atoms. The van der Waals surface area contributed by atoms with E-state index in [1.54, 1.807) is 7.11 Å². The van der Waals surface area contributed by atoms with Gasteiger partial charge in [-0.2, -0.15) is 0 Å². The van der Waals surface area contributed by atoms with Crippen LogP contribution < -0.4 is 10.5 Å². The fourth-order valence-corrected chi connectivity index (χ4v) is 3.30. The Kier molecular flexibility index (Phi) is 4.86. The summed E-state index contributed by atoms with van der Waals surface area (Å²) in [6, 6.07) is 10.4. The van der Waals surface area contributed by atoms with E-state index >= 15 is 0 Å². The second kappa shape index (κ2) is 7.05. The van der Waals surface area contributed by atoms with Crippen molar-refractivity contribution in [3.05, 3.63) is 47.0 Å². The summed E-state index contributed by atoms with van der Waals surface area (Å²) in [5.74, 6) is 0.631. The van der Waals surface area contributed by atoms with Crippen molar-refractivity contribution in [1.29, 1.82) is 0 Å². The summed E-state index contributed by atoms with van der Waals surface area (Å²) in [6.07, 6.45) is 3.10. The second-order valence-electron chi connectivity index (χ2n) is 6.29. The topological polar surface area (TPSA) is 63.9 Å². The fourth-order valence-electron chi connectivity index (χ4n) is 3.30. The maximum Gasteiger partial charge on any atom is 0.213 e. The van der Waals surface area contributed by atoms with E-state index in [0.717, 1.165) is 37.2 Å². The molecule has 0 saturated heterocycles. The van der Waals surface area contributed by atoms with Crippen molar-refractivity contribution in [2.24, 2.45) is 5.73 Å². The molecule has 0 atom stereocenters. The number of hydrogen-bond acceptors (Lipinski definition) is 3. The maximum atomic E-state index is 5.68. The molecule has 0 fully saturated rings. The van der Waals surface area contributed by atoms with Crippen LogP contribution in [0.5, 0.6) is 5.88 Å². The average molecular weight is 323 g/mol. The number of rotatable bonds is 6. The number of ether oxygens (including phenoxy) is 1. The molecule has 2 aromatic heterocycles. The Morgan fingerprint density at radius 1 is 1.17 bits per heavy atom. The van der Waals surface area contributed by atoms with E-state index in [1.807, 2.05) is 18.2 Å². The van der Waals surface area contributed by atoms with Crippen LogP contribution in [-0.2, 0) is 6.42 Å². The van der Waals surface area contributed by atoms with Gasteiger partial charge < -0.3 is 15.5 Å². The average Bonchev–Trinajstić information content (AvgIpc) is 2.94. The summed E-state index contributed by atoms with van der Waals surface area (Å²) in [6.45, 7) is 5.03. The highest BCUT2D eigenvalue weighted by molar-refractivity contribution is 5.92. The molecule has 0 saturated carbocycles. The quantitative estimate of drug-likeness (QED) is 0.670. The van der Waals surface area contributed by atoms with Gasteiger partial charge in [0.25, 0.3) is 0 Å². The van der Waals surface area contributed by atoms with Gasteiger partial charge in [0, 0.05) is 17.0 Å². The number of unbranched alkanes of at least 4 members (excludes halogenated alkanes) is 1. The SMILES string of the molecule is COc1cccc(-c2[nH]c3c(C)cc(C)cc3c2CCCCN)n1. The van der Waals surface area contributed by atoms with Crippen molar-refractivity contribution >= 4 is 10.9 Å². The maximum absolute atomic E-state index is 5.68. The van der Waals surface area contributed by atoms with E-state index in [2.05, 4.69) is 35.9 Å². The molecule has 0 spiro atoms. The summed E-state index contributed by atoms with van der Waals surface area (Å²) < 4.78 is 5.29. The van der Waals surface area contributed by atoms with Gasteiger partial charge in [0.1, 0.15) is 0 Å². The first-order chi connectivity index (χ1) is 11.6. The highest BCUT2D eigenvalue weighted by Crippen LogP contribution is 2.33. The minimum Gasteiger partial charge on any atom is -0.481 e. The fraction of sp³-hybridized carbons (Fsp3) is 0.350. The van der Waals surface area contributed by atoms with E-state index in [1.165, 1.54) is 27.6 Å². The number of pyridine rings is 1. The third-order valence-electron chi connectivity index (χ3n) is 4.43. The number of nitrogens with two attached hydrogens (primary N) is 1. The zero-order valence-corrected chi connectivity index (χ0v) is 14.6. The monoisotopic (exact) mass is 323 g/mol. The van der Waals surface area contributed by atoms with Gasteiger partial charge in [-0.25, -0.2) is 4.98 Å². The molecule has 126 valence electrons. The summed E-state index contributed by atoms with van der Waals surface area (Å²) in [5, 5.41) is 1.30. The summed E-state index contributed by atoms with van der Waals surface area (Å²) in [4.78, 5) is 8.22. The Bertz CT molecular complexity index is 851. The van der Waals surface area contributed by atoms with E-state index in [9.17, 15) is 0 Å². The predicted octanol–water partition coefficient (Wildman–Crippen LogP) is 4.14. The van der Waals surface area contributed by atoms with Crippen molar-refractivity contribution < 1.29 is 4.74 Å². The van der Waals surface area contributed by atoms with Crippen LogP contribution >= 0.6 is 0 Å². The van der Waals surface area contributed by atoms with E-state index < -0.39 is 0 Å². The molecule has 0 aliphatic rings. The van der Waals surface area contributed by atoms with Crippen molar-refractivity contribution in [2.75, 3.05) is 13.7 Å². The normalized spacial score (nSPS) is 11.2. The Hall–Kier alpha value is -2.33. The lowest BCUT2D eigenvalue weighted by Gasteiger charge is -2.06. The van der Waals surface area contributed by atoms with Crippen molar-refractivity contribution in [3.8, 4) is 17.3 Å². The molecule has 3 N–H and O–H groups in total. The van der Waals surface area contributed by atoms with Crippen LogP contribution in [0.15, 0.2) is 30.3 Å². The molecule has 3 rings (SSSR count). The molecule has 1 aromatic carbocycles. The Labute approximate surface area is 143 Å². The number of H-pyrrole nitrogens is 1. The van der Waals surface area contributed by atoms with Gasteiger partial charge >= 0.3 is 0 Å². The first-order valence-corrected chi connectivity index (χ1v) is 8.47. The molecule has 4 heteroatoms. The first-order valence-electron chi connectivity index (χ1n) is 8.47. The van der Waals surface area contributed by atoms with Crippen molar-refractivity contribution in [2.45, 2.75) is 33.1 Å². The molecule has 0 unspecified atom stereocenters. The smallest absolute Gasteiger partial charge is 0.213 e.